The molecule has 1 heterocycles. The standard InChI is InChI=1S/C17H23F3N2O2/c1-12(21)14-6-4-10-22(11-14)16(23)9-8-13-5-2-3-7-15(13)24-17(18,19)20/h2-3,5,7,12,14H,4,6,8-11,21H2,1H3/t12-,14+/m0/s1. The van der Waals surface area contributed by atoms with Gasteiger partial charge in [-0.1, -0.05) is 18.2 Å². The Morgan fingerprint density at radius 2 is 2.12 bits per heavy atom. The Kier molecular flexibility index (Phi) is 6.10. The predicted octanol–water partition coefficient (Wildman–Crippen LogP) is 3.10. The first kappa shape index (κ1) is 18.6. The molecule has 4 nitrogen and oxygen atoms in total. The highest BCUT2D eigenvalue weighted by Gasteiger charge is 2.32. The summed E-state index contributed by atoms with van der Waals surface area (Å²) in [5, 5.41) is 0. The van der Waals surface area contributed by atoms with E-state index in [1.54, 1.807) is 17.0 Å². The third kappa shape index (κ3) is 5.40. The Labute approximate surface area is 139 Å². The molecule has 1 aliphatic rings. The first-order valence-electron chi connectivity index (χ1n) is 8.13. The number of aryl methyl sites for hydroxylation is 1. The smallest absolute Gasteiger partial charge is 0.406 e. The number of ether oxygens (including phenoxy) is 1. The number of carbonyl (C=O) groups excluding carboxylic acids is 1. The number of piperidine rings is 1. The molecule has 0 radical (unpaired) electrons. The summed E-state index contributed by atoms with van der Waals surface area (Å²) >= 11 is 0. The second kappa shape index (κ2) is 7.88. The molecule has 1 saturated heterocycles. The fourth-order valence-corrected chi connectivity index (χ4v) is 3.00. The molecular formula is C17H23F3N2O2. The van der Waals surface area contributed by atoms with Crippen LogP contribution in [0.15, 0.2) is 24.3 Å². The fourth-order valence-electron chi connectivity index (χ4n) is 3.00. The van der Waals surface area contributed by atoms with Crippen molar-refractivity contribution < 1.29 is 22.7 Å². The Morgan fingerprint density at radius 1 is 1.42 bits per heavy atom. The average Bonchev–Trinajstić information content (AvgIpc) is 2.52. The largest absolute Gasteiger partial charge is 0.573 e. The second-order valence-corrected chi connectivity index (χ2v) is 6.26. The van der Waals surface area contributed by atoms with E-state index in [4.69, 9.17) is 5.73 Å². The molecule has 1 aromatic carbocycles. The van der Waals surface area contributed by atoms with E-state index < -0.39 is 6.36 Å². The van der Waals surface area contributed by atoms with Gasteiger partial charge in [-0.25, -0.2) is 0 Å². The van der Waals surface area contributed by atoms with Crippen LogP contribution < -0.4 is 10.5 Å². The van der Waals surface area contributed by atoms with Crippen molar-refractivity contribution in [2.24, 2.45) is 11.7 Å². The highest BCUT2D eigenvalue weighted by atomic mass is 19.4. The van der Waals surface area contributed by atoms with E-state index in [9.17, 15) is 18.0 Å². The lowest BCUT2D eigenvalue weighted by Gasteiger charge is -2.34. The molecule has 2 rings (SSSR count). The van der Waals surface area contributed by atoms with Crippen molar-refractivity contribution >= 4 is 5.91 Å². The van der Waals surface area contributed by atoms with E-state index in [1.165, 1.54) is 12.1 Å². The van der Waals surface area contributed by atoms with E-state index in [1.807, 2.05) is 6.92 Å². The van der Waals surface area contributed by atoms with Gasteiger partial charge in [0.1, 0.15) is 5.75 Å². The van der Waals surface area contributed by atoms with Gasteiger partial charge in [0.2, 0.25) is 5.91 Å². The summed E-state index contributed by atoms with van der Waals surface area (Å²) in [5.41, 5.74) is 6.29. The van der Waals surface area contributed by atoms with Crippen molar-refractivity contribution in [3.63, 3.8) is 0 Å². The van der Waals surface area contributed by atoms with Crippen LogP contribution in [0.1, 0.15) is 31.7 Å². The van der Waals surface area contributed by atoms with E-state index in [-0.39, 0.29) is 36.5 Å². The van der Waals surface area contributed by atoms with Crippen LogP contribution in [0.25, 0.3) is 0 Å². The number of benzene rings is 1. The molecule has 1 amide bonds. The van der Waals surface area contributed by atoms with Crippen LogP contribution >= 0.6 is 0 Å². The molecule has 7 heteroatoms. The fraction of sp³-hybridized carbons (Fsp3) is 0.588. The third-order valence-corrected chi connectivity index (χ3v) is 4.36. The number of halogens is 3. The van der Waals surface area contributed by atoms with Crippen LogP contribution in [-0.4, -0.2) is 36.3 Å². The molecule has 2 N–H and O–H groups in total. The minimum Gasteiger partial charge on any atom is -0.406 e. The molecule has 0 spiro atoms. The molecular weight excluding hydrogens is 321 g/mol. The summed E-state index contributed by atoms with van der Waals surface area (Å²) in [5.74, 6) is -0.0180. The van der Waals surface area contributed by atoms with Gasteiger partial charge in [-0.15, -0.1) is 13.2 Å². The number of nitrogens with zero attached hydrogens (tertiary/aromatic N) is 1. The monoisotopic (exact) mass is 344 g/mol. The SMILES string of the molecule is C[C@H](N)[C@@H]1CCCN(C(=O)CCc2ccccc2OC(F)(F)F)C1. The topological polar surface area (TPSA) is 55.6 Å². The van der Waals surface area contributed by atoms with Gasteiger partial charge in [-0.2, -0.15) is 0 Å². The van der Waals surface area contributed by atoms with Crippen molar-refractivity contribution in [3.8, 4) is 5.75 Å². The van der Waals surface area contributed by atoms with E-state index >= 15 is 0 Å². The molecule has 2 atom stereocenters. The highest BCUT2D eigenvalue weighted by Crippen LogP contribution is 2.27. The maximum atomic E-state index is 12.4. The maximum Gasteiger partial charge on any atom is 0.573 e. The van der Waals surface area contributed by atoms with Gasteiger partial charge in [0.25, 0.3) is 0 Å². The number of carbonyl (C=O) groups is 1. The molecule has 134 valence electrons. The molecule has 24 heavy (non-hydrogen) atoms. The number of likely N-dealkylation sites (tertiary alicyclic amines) is 1. The summed E-state index contributed by atoms with van der Waals surface area (Å²) < 4.78 is 41.3. The number of amides is 1. The van der Waals surface area contributed by atoms with Gasteiger partial charge in [-0.3, -0.25) is 4.79 Å². The molecule has 1 fully saturated rings. The van der Waals surface area contributed by atoms with Gasteiger partial charge in [0, 0.05) is 25.6 Å². The molecule has 1 aromatic rings. The number of hydrogen-bond donors (Lipinski definition) is 1. The quantitative estimate of drug-likeness (QED) is 0.893. The van der Waals surface area contributed by atoms with Crippen molar-refractivity contribution in [2.45, 2.75) is 45.0 Å². The van der Waals surface area contributed by atoms with Gasteiger partial charge >= 0.3 is 6.36 Å². The zero-order chi connectivity index (χ0) is 17.7. The van der Waals surface area contributed by atoms with E-state index in [2.05, 4.69) is 4.74 Å². The van der Waals surface area contributed by atoms with Crippen LogP contribution in [0.5, 0.6) is 5.75 Å². The van der Waals surface area contributed by atoms with Crippen molar-refractivity contribution in [1.29, 1.82) is 0 Å². The summed E-state index contributed by atoms with van der Waals surface area (Å²) in [7, 11) is 0. The average molecular weight is 344 g/mol. The number of nitrogens with two attached hydrogens (primary N) is 1. The normalized spacial score (nSPS) is 19.9. The van der Waals surface area contributed by atoms with Crippen molar-refractivity contribution in [1.82, 2.24) is 4.90 Å². The van der Waals surface area contributed by atoms with Crippen LogP contribution in [0, 0.1) is 5.92 Å². The lowest BCUT2D eigenvalue weighted by atomic mass is 9.92. The second-order valence-electron chi connectivity index (χ2n) is 6.26. The van der Waals surface area contributed by atoms with Gasteiger partial charge in [0.15, 0.2) is 0 Å². The molecule has 0 saturated carbocycles. The van der Waals surface area contributed by atoms with Crippen molar-refractivity contribution in [3.05, 3.63) is 29.8 Å². The van der Waals surface area contributed by atoms with E-state index in [0.29, 0.717) is 18.7 Å². The van der Waals surface area contributed by atoms with Crippen LogP contribution in [-0.2, 0) is 11.2 Å². The molecule has 0 unspecified atom stereocenters. The number of para-hydroxylation sites is 1. The summed E-state index contributed by atoms with van der Waals surface area (Å²) in [4.78, 5) is 14.1. The molecule has 0 aliphatic carbocycles. The first-order valence-corrected chi connectivity index (χ1v) is 8.13. The lowest BCUT2D eigenvalue weighted by molar-refractivity contribution is -0.274. The van der Waals surface area contributed by atoms with Crippen LogP contribution in [0.3, 0.4) is 0 Å². The summed E-state index contributed by atoms with van der Waals surface area (Å²) in [6.45, 7) is 3.24. The first-order chi connectivity index (χ1) is 11.3. The Bertz CT molecular complexity index is 561. The minimum absolute atomic E-state index is 0.0292. The molecule has 0 aromatic heterocycles. The number of alkyl halides is 3. The van der Waals surface area contributed by atoms with Gasteiger partial charge in [0.05, 0.1) is 0 Å². The number of hydrogen-bond acceptors (Lipinski definition) is 3. The van der Waals surface area contributed by atoms with Gasteiger partial charge < -0.3 is 15.4 Å². The predicted molar refractivity (Wildman–Crippen MR) is 84.4 cm³/mol. The third-order valence-electron chi connectivity index (χ3n) is 4.36. The van der Waals surface area contributed by atoms with Crippen LogP contribution in [0.4, 0.5) is 13.2 Å². The van der Waals surface area contributed by atoms with Crippen LogP contribution in [0.2, 0.25) is 0 Å². The maximum absolute atomic E-state index is 12.4. The summed E-state index contributed by atoms with van der Waals surface area (Å²) in [6.07, 6.45) is -2.46. The summed E-state index contributed by atoms with van der Waals surface area (Å²) in [6, 6.07) is 5.96. The Morgan fingerprint density at radius 3 is 2.79 bits per heavy atom. The zero-order valence-electron chi connectivity index (χ0n) is 13.7. The highest BCUT2D eigenvalue weighted by molar-refractivity contribution is 5.76. The molecule has 1 aliphatic heterocycles. The number of rotatable bonds is 5. The zero-order valence-corrected chi connectivity index (χ0v) is 13.7. The van der Waals surface area contributed by atoms with Crippen molar-refractivity contribution in [2.75, 3.05) is 13.1 Å². The Balaban J connectivity index is 1.94. The lowest BCUT2D eigenvalue weighted by Crippen LogP contribution is -2.45. The van der Waals surface area contributed by atoms with Gasteiger partial charge in [-0.05, 0) is 43.7 Å². The molecule has 0 bridgehead atoms. The minimum atomic E-state index is -4.74. The Hall–Kier alpha value is -1.76. The van der Waals surface area contributed by atoms with E-state index in [0.717, 1.165) is 12.8 Å².